The number of nitrogens with one attached hydrogen (secondary N) is 2. The number of aryl methyl sites for hydroxylation is 1. The second kappa shape index (κ2) is 9.57. The fourth-order valence-corrected chi connectivity index (χ4v) is 3.16. The van der Waals surface area contributed by atoms with Crippen LogP contribution in [-0.4, -0.2) is 71.8 Å². The zero-order valence-electron chi connectivity index (χ0n) is 15.7. The van der Waals surface area contributed by atoms with Crippen molar-refractivity contribution in [2.45, 2.75) is 32.3 Å². The average Bonchev–Trinajstić information content (AvgIpc) is 3.08. The predicted octanol–water partition coefficient (Wildman–Crippen LogP) is 1.82. The fourth-order valence-electron chi connectivity index (χ4n) is 3.16. The van der Waals surface area contributed by atoms with Crippen LogP contribution in [0.15, 0.2) is 18.2 Å². The minimum Gasteiger partial charge on any atom is -0.490 e. The van der Waals surface area contributed by atoms with Gasteiger partial charge in [-0.3, -0.25) is 5.10 Å². The molecule has 8 heteroatoms. The summed E-state index contributed by atoms with van der Waals surface area (Å²) in [5, 5.41) is 21.2. The van der Waals surface area contributed by atoms with Crippen molar-refractivity contribution in [2.75, 3.05) is 39.5 Å². The van der Waals surface area contributed by atoms with E-state index in [9.17, 15) is 9.90 Å². The third-order valence-corrected chi connectivity index (χ3v) is 4.69. The predicted molar refractivity (Wildman–Crippen MR) is 102 cm³/mol. The van der Waals surface area contributed by atoms with Crippen molar-refractivity contribution in [1.82, 2.24) is 20.4 Å². The van der Waals surface area contributed by atoms with Crippen LogP contribution >= 0.6 is 0 Å². The summed E-state index contributed by atoms with van der Waals surface area (Å²) < 4.78 is 11.0. The molecule has 8 nitrogen and oxygen atoms in total. The van der Waals surface area contributed by atoms with Crippen LogP contribution in [0.4, 0.5) is 4.79 Å². The summed E-state index contributed by atoms with van der Waals surface area (Å²) in [5.74, 6) is 0.732. The molecular formula is C19H28N4O4. The van der Waals surface area contributed by atoms with Gasteiger partial charge in [-0.15, -0.1) is 0 Å². The molecule has 1 saturated heterocycles. The normalized spacial score (nSPS) is 15.7. The Morgan fingerprint density at radius 3 is 3.04 bits per heavy atom. The molecule has 1 fully saturated rings. The maximum Gasteiger partial charge on any atom is 0.317 e. The summed E-state index contributed by atoms with van der Waals surface area (Å²) in [6.45, 7) is 5.29. The Labute approximate surface area is 158 Å². The van der Waals surface area contributed by atoms with Crippen molar-refractivity contribution in [1.29, 1.82) is 0 Å². The summed E-state index contributed by atoms with van der Waals surface area (Å²) in [6.07, 6.45) is 1.74. The molecule has 27 heavy (non-hydrogen) atoms. The number of aliphatic hydroxyl groups excluding tert-OH is 1. The average molecular weight is 376 g/mol. The minimum atomic E-state index is -0.539. The van der Waals surface area contributed by atoms with E-state index >= 15 is 0 Å². The van der Waals surface area contributed by atoms with Gasteiger partial charge in [-0.25, -0.2) is 4.79 Å². The van der Waals surface area contributed by atoms with Crippen molar-refractivity contribution in [3.05, 3.63) is 23.9 Å². The number of carbonyl (C=O) groups is 1. The molecule has 3 rings (SSSR count). The molecule has 0 bridgehead atoms. The Hall–Kier alpha value is -2.32. The first-order valence-corrected chi connectivity index (χ1v) is 9.50. The van der Waals surface area contributed by atoms with Crippen molar-refractivity contribution < 1.29 is 19.4 Å². The number of urea groups is 1. The fraction of sp³-hybridized carbons (Fsp3) is 0.579. The number of aromatic amines is 1. The second-order valence-corrected chi connectivity index (χ2v) is 6.79. The van der Waals surface area contributed by atoms with Gasteiger partial charge < -0.3 is 24.8 Å². The molecule has 2 aromatic rings. The molecule has 1 aliphatic rings. The van der Waals surface area contributed by atoms with Crippen LogP contribution in [0.1, 0.15) is 25.0 Å². The standard InChI is InChI=1S/C19H28N4O4/c1-14-18-16(22-21-14)6-4-7-17(18)27-13-15(24)5-2-3-8-20-19(25)23-9-11-26-12-10-23/h4,6-7,15,24H,2-3,5,8-13H2,1H3,(H,20,25)(H,21,22)/t15-/m0/s1. The van der Waals surface area contributed by atoms with Crippen molar-refractivity contribution >= 4 is 16.9 Å². The van der Waals surface area contributed by atoms with Gasteiger partial charge in [0.1, 0.15) is 12.4 Å². The summed E-state index contributed by atoms with van der Waals surface area (Å²) >= 11 is 0. The zero-order chi connectivity index (χ0) is 19.1. The highest BCUT2D eigenvalue weighted by Crippen LogP contribution is 2.26. The number of unbranched alkanes of at least 4 members (excludes halogenated alkanes) is 1. The molecule has 2 amide bonds. The van der Waals surface area contributed by atoms with Gasteiger partial charge in [0.2, 0.25) is 0 Å². The number of fused-ring (bicyclic) bond motifs is 1. The van der Waals surface area contributed by atoms with Gasteiger partial charge in [-0.2, -0.15) is 5.10 Å². The molecule has 148 valence electrons. The smallest absolute Gasteiger partial charge is 0.317 e. The monoisotopic (exact) mass is 376 g/mol. The first kappa shape index (κ1) is 19.4. The molecule has 0 aliphatic carbocycles. The SMILES string of the molecule is Cc1[nH]nc2cccc(OC[C@@H](O)CCCCNC(=O)N3CCOCC3)c12. The van der Waals surface area contributed by atoms with Crippen LogP contribution in [-0.2, 0) is 4.74 Å². The Kier molecular flexibility index (Phi) is 6.89. The summed E-state index contributed by atoms with van der Waals surface area (Å²) in [7, 11) is 0. The molecule has 0 radical (unpaired) electrons. The molecule has 0 unspecified atom stereocenters. The van der Waals surface area contributed by atoms with Gasteiger partial charge in [0.05, 0.1) is 30.2 Å². The third-order valence-electron chi connectivity index (χ3n) is 4.69. The number of benzene rings is 1. The summed E-state index contributed by atoms with van der Waals surface area (Å²) in [6, 6.07) is 5.67. The number of aromatic nitrogens is 2. The van der Waals surface area contributed by atoms with Gasteiger partial charge in [0.15, 0.2) is 0 Å². The molecule has 1 aromatic heterocycles. The molecule has 1 aromatic carbocycles. The Bertz CT molecular complexity index is 742. The van der Waals surface area contributed by atoms with Gasteiger partial charge in [-0.05, 0) is 38.3 Å². The van der Waals surface area contributed by atoms with Gasteiger partial charge >= 0.3 is 6.03 Å². The number of amides is 2. The van der Waals surface area contributed by atoms with E-state index in [0.717, 1.165) is 35.2 Å². The Morgan fingerprint density at radius 2 is 2.22 bits per heavy atom. The van der Waals surface area contributed by atoms with Crippen LogP contribution in [0.2, 0.25) is 0 Å². The van der Waals surface area contributed by atoms with Crippen LogP contribution in [0.5, 0.6) is 5.75 Å². The van der Waals surface area contributed by atoms with Crippen molar-refractivity contribution in [2.24, 2.45) is 0 Å². The molecule has 0 saturated carbocycles. The number of carbonyl (C=O) groups excluding carboxylic acids is 1. The topological polar surface area (TPSA) is 99.7 Å². The maximum absolute atomic E-state index is 11.9. The quantitative estimate of drug-likeness (QED) is 0.610. The van der Waals surface area contributed by atoms with Crippen LogP contribution in [0.25, 0.3) is 10.9 Å². The molecule has 3 N–H and O–H groups in total. The van der Waals surface area contributed by atoms with Gasteiger partial charge in [0, 0.05) is 25.3 Å². The molecule has 2 heterocycles. The number of H-pyrrole nitrogens is 1. The second-order valence-electron chi connectivity index (χ2n) is 6.79. The third kappa shape index (κ3) is 5.33. The number of nitrogens with zero attached hydrogens (tertiary/aromatic N) is 2. The molecule has 0 spiro atoms. The lowest BCUT2D eigenvalue weighted by molar-refractivity contribution is 0.0532. The lowest BCUT2D eigenvalue weighted by Crippen LogP contribution is -2.46. The van der Waals surface area contributed by atoms with Crippen LogP contribution in [0.3, 0.4) is 0 Å². The van der Waals surface area contributed by atoms with E-state index in [-0.39, 0.29) is 12.6 Å². The highest BCUT2D eigenvalue weighted by atomic mass is 16.5. The van der Waals surface area contributed by atoms with E-state index in [1.165, 1.54) is 0 Å². The van der Waals surface area contributed by atoms with E-state index in [4.69, 9.17) is 9.47 Å². The molecule has 1 aliphatic heterocycles. The van der Waals surface area contributed by atoms with E-state index in [1.807, 2.05) is 25.1 Å². The first-order chi connectivity index (χ1) is 13.1. The van der Waals surface area contributed by atoms with E-state index in [0.29, 0.717) is 39.3 Å². The Balaban J connectivity index is 1.32. The number of rotatable bonds is 8. The number of ether oxygens (including phenoxy) is 2. The lowest BCUT2D eigenvalue weighted by Gasteiger charge is -2.26. The van der Waals surface area contributed by atoms with E-state index in [2.05, 4.69) is 15.5 Å². The summed E-state index contributed by atoms with van der Waals surface area (Å²) in [5.41, 5.74) is 1.81. The summed E-state index contributed by atoms with van der Waals surface area (Å²) in [4.78, 5) is 13.7. The number of hydrogen-bond acceptors (Lipinski definition) is 5. The number of aliphatic hydroxyl groups is 1. The lowest BCUT2D eigenvalue weighted by atomic mass is 10.1. The first-order valence-electron chi connectivity index (χ1n) is 9.50. The largest absolute Gasteiger partial charge is 0.490 e. The van der Waals surface area contributed by atoms with Crippen LogP contribution in [0, 0.1) is 6.92 Å². The minimum absolute atomic E-state index is 0.0363. The maximum atomic E-state index is 11.9. The Morgan fingerprint density at radius 1 is 1.41 bits per heavy atom. The highest BCUT2D eigenvalue weighted by molar-refractivity contribution is 5.87. The van der Waals surface area contributed by atoms with Gasteiger partial charge in [0.25, 0.3) is 0 Å². The zero-order valence-corrected chi connectivity index (χ0v) is 15.7. The molecule has 1 atom stereocenters. The van der Waals surface area contributed by atoms with Crippen LogP contribution < -0.4 is 10.1 Å². The number of morpholine rings is 1. The highest BCUT2D eigenvalue weighted by Gasteiger charge is 2.16. The molecular weight excluding hydrogens is 348 g/mol. The van der Waals surface area contributed by atoms with Gasteiger partial charge in [-0.1, -0.05) is 6.07 Å². The van der Waals surface area contributed by atoms with Crippen molar-refractivity contribution in [3.8, 4) is 5.75 Å². The van der Waals surface area contributed by atoms with E-state index in [1.54, 1.807) is 4.90 Å². The van der Waals surface area contributed by atoms with E-state index < -0.39 is 6.10 Å². The van der Waals surface area contributed by atoms with Crippen molar-refractivity contribution in [3.63, 3.8) is 0 Å². The number of hydrogen-bond donors (Lipinski definition) is 3.